The van der Waals surface area contributed by atoms with Crippen LogP contribution in [-0.4, -0.2) is 29.5 Å². The van der Waals surface area contributed by atoms with Crippen molar-refractivity contribution in [3.05, 3.63) is 53.1 Å². The van der Waals surface area contributed by atoms with E-state index in [1.165, 1.54) is 66.0 Å². The number of hydrogen-bond donors (Lipinski definition) is 0. The SMILES string of the molecule is CC1CCCCc2c3c4c5c(c21)c1ccccc1n5[C@H]1C[C@@]2(CCOC2)[C@](C)(O1)N4C1CCC=CC31. The number of benzene rings is 2. The third-order valence-electron chi connectivity index (χ3n) is 11.2. The number of fused-ring (bicyclic) bond motifs is 14. The molecule has 0 amide bonds. The number of ether oxygens (including phenoxy) is 2. The van der Waals surface area contributed by atoms with Gasteiger partial charge in [0.05, 0.1) is 23.3 Å². The molecule has 36 heavy (non-hydrogen) atoms. The minimum Gasteiger partial charge on any atom is -0.381 e. The second-order valence-corrected chi connectivity index (χ2v) is 12.7. The topological polar surface area (TPSA) is 26.6 Å². The first-order chi connectivity index (χ1) is 17.6. The van der Waals surface area contributed by atoms with Crippen LogP contribution in [0.5, 0.6) is 0 Å². The molecule has 2 saturated heterocycles. The van der Waals surface area contributed by atoms with Gasteiger partial charge < -0.3 is 18.9 Å². The van der Waals surface area contributed by atoms with Crippen molar-refractivity contribution in [1.82, 2.24) is 4.57 Å². The van der Waals surface area contributed by atoms with Gasteiger partial charge in [-0.05, 0) is 74.1 Å². The molecule has 0 saturated carbocycles. The Morgan fingerprint density at radius 1 is 1.08 bits per heavy atom. The Morgan fingerprint density at radius 2 is 2.00 bits per heavy atom. The standard InChI is InChI=1S/C32H36N2O2/c1-19-9-3-4-12-22-26(19)28-20-10-5-7-13-23(20)33-25-17-32(15-16-35-18-32)31(2,36-25)34-24-14-8-6-11-21(24)27(22)30(34)29(28)33/h5-7,10-11,13,19,21,24-25H,3-4,8-9,12,14-18H2,1-2H3/t19?,21?,24?,25-,31+,32-/m1/s1. The summed E-state index contributed by atoms with van der Waals surface area (Å²) >= 11 is 0. The van der Waals surface area contributed by atoms with E-state index < -0.39 is 0 Å². The molecule has 3 aromatic rings. The predicted molar refractivity (Wildman–Crippen MR) is 144 cm³/mol. The van der Waals surface area contributed by atoms with Gasteiger partial charge in [0, 0.05) is 41.2 Å². The summed E-state index contributed by atoms with van der Waals surface area (Å²) < 4.78 is 16.2. The van der Waals surface area contributed by atoms with E-state index in [1.54, 1.807) is 16.7 Å². The van der Waals surface area contributed by atoms with Gasteiger partial charge in [0.15, 0.2) is 0 Å². The molecule has 4 aliphatic heterocycles. The molecule has 4 nitrogen and oxygen atoms in total. The van der Waals surface area contributed by atoms with Crippen molar-refractivity contribution in [1.29, 1.82) is 0 Å². The molecule has 1 spiro atoms. The normalized spacial score (nSPS) is 38.1. The fourth-order valence-corrected chi connectivity index (χ4v) is 9.58. The molecular formula is C32H36N2O2. The van der Waals surface area contributed by atoms with Gasteiger partial charge in [-0.3, -0.25) is 0 Å². The van der Waals surface area contributed by atoms with Crippen LogP contribution in [0.3, 0.4) is 0 Å². The lowest BCUT2D eigenvalue weighted by Crippen LogP contribution is -2.60. The Bertz CT molecular complexity index is 1480. The van der Waals surface area contributed by atoms with Gasteiger partial charge in [0.1, 0.15) is 12.0 Å². The van der Waals surface area contributed by atoms with Crippen molar-refractivity contribution in [3.63, 3.8) is 0 Å². The number of para-hydroxylation sites is 1. The first-order valence-electron chi connectivity index (χ1n) is 14.5. The second-order valence-electron chi connectivity index (χ2n) is 12.7. The highest BCUT2D eigenvalue weighted by Gasteiger charge is 2.67. The maximum Gasteiger partial charge on any atom is 0.149 e. The van der Waals surface area contributed by atoms with Gasteiger partial charge in [-0.25, -0.2) is 0 Å². The van der Waals surface area contributed by atoms with E-state index in [0.29, 0.717) is 17.9 Å². The van der Waals surface area contributed by atoms with E-state index in [4.69, 9.17) is 9.47 Å². The molecule has 1 aromatic heterocycles. The summed E-state index contributed by atoms with van der Waals surface area (Å²) in [5.41, 5.74) is 9.06. The van der Waals surface area contributed by atoms with Crippen LogP contribution in [0.1, 0.15) is 93.5 Å². The molecule has 4 heteroatoms. The second kappa shape index (κ2) is 6.76. The fourth-order valence-electron chi connectivity index (χ4n) is 9.58. The monoisotopic (exact) mass is 480 g/mol. The molecule has 0 N–H and O–H groups in total. The Hall–Kier alpha value is -2.30. The van der Waals surface area contributed by atoms with Crippen LogP contribution in [0.2, 0.25) is 0 Å². The zero-order valence-electron chi connectivity index (χ0n) is 21.6. The van der Waals surface area contributed by atoms with Gasteiger partial charge in [0.25, 0.3) is 0 Å². The molecule has 2 aliphatic carbocycles. The molecule has 6 aliphatic rings. The number of rotatable bonds is 0. The number of hydrogen-bond acceptors (Lipinski definition) is 3. The van der Waals surface area contributed by atoms with Gasteiger partial charge in [-0.2, -0.15) is 0 Å². The Balaban J connectivity index is 1.50. The third kappa shape index (κ3) is 2.19. The molecule has 186 valence electrons. The number of allylic oxidation sites excluding steroid dienone is 1. The summed E-state index contributed by atoms with van der Waals surface area (Å²) in [4.78, 5) is 2.84. The molecule has 5 heterocycles. The smallest absolute Gasteiger partial charge is 0.149 e. The largest absolute Gasteiger partial charge is 0.381 e. The number of nitrogens with zero attached hydrogens (tertiary/aromatic N) is 2. The number of anilines is 1. The third-order valence-corrected chi connectivity index (χ3v) is 11.2. The number of aromatic nitrogens is 1. The van der Waals surface area contributed by atoms with Gasteiger partial charge >= 0.3 is 0 Å². The molecule has 2 bridgehead atoms. The fraction of sp³-hybridized carbons (Fsp3) is 0.562. The van der Waals surface area contributed by atoms with Gasteiger partial charge in [-0.15, -0.1) is 0 Å². The summed E-state index contributed by atoms with van der Waals surface area (Å²) in [5, 5.41) is 2.97. The summed E-state index contributed by atoms with van der Waals surface area (Å²) in [6.45, 7) is 6.61. The summed E-state index contributed by atoms with van der Waals surface area (Å²) in [7, 11) is 0. The van der Waals surface area contributed by atoms with Crippen LogP contribution in [0.4, 0.5) is 5.69 Å². The first-order valence-corrected chi connectivity index (χ1v) is 14.5. The van der Waals surface area contributed by atoms with Crippen molar-refractivity contribution >= 4 is 27.5 Å². The highest BCUT2D eigenvalue weighted by atomic mass is 16.6. The molecule has 0 radical (unpaired) electrons. The first kappa shape index (κ1) is 20.7. The van der Waals surface area contributed by atoms with Crippen molar-refractivity contribution < 1.29 is 9.47 Å². The van der Waals surface area contributed by atoms with Crippen LogP contribution in [0.15, 0.2) is 36.4 Å². The predicted octanol–water partition coefficient (Wildman–Crippen LogP) is 7.30. The molecular weight excluding hydrogens is 444 g/mol. The highest BCUT2D eigenvalue weighted by Crippen LogP contribution is 2.67. The van der Waals surface area contributed by atoms with E-state index in [9.17, 15) is 0 Å². The summed E-state index contributed by atoms with van der Waals surface area (Å²) in [5.74, 6) is 1.07. The van der Waals surface area contributed by atoms with Gasteiger partial charge in [0.2, 0.25) is 0 Å². The van der Waals surface area contributed by atoms with Crippen LogP contribution >= 0.6 is 0 Å². The van der Waals surface area contributed by atoms with E-state index in [-0.39, 0.29) is 17.4 Å². The van der Waals surface area contributed by atoms with Crippen LogP contribution < -0.4 is 4.90 Å². The van der Waals surface area contributed by atoms with Crippen LogP contribution in [0.25, 0.3) is 21.8 Å². The lowest BCUT2D eigenvalue weighted by Gasteiger charge is -2.49. The zero-order valence-corrected chi connectivity index (χ0v) is 21.6. The molecule has 2 aromatic carbocycles. The van der Waals surface area contributed by atoms with E-state index >= 15 is 0 Å². The minimum atomic E-state index is -0.342. The van der Waals surface area contributed by atoms with Gasteiger partial charge in [-0.1, -0.05) is 43.7 Å². The van der Waals surface area contributed by atoms with Crippen molar-refractivity contribution in [2.45, 2.75) is 95.0 Å². The molecule has 2 fully saturated rings. The Kier molecular flexibility index (Phi) is 3.89. The van der Waals surface area contributed by atoms with Crippen LogP contribution in [0, 0.1) is 5.41 Å². The zero-order chi connectivity index (χ0) is 23.8. The summed E-state index contributed by atoms with van der Waals surface area (Å²) in [6, 6.07) is 9.68. The molecule has 6 atom stereocenters. The summed E-state index contributed by atoms with van der Waals surface area (Å²) in [6.07, 6.45) is 14.8. The lowest BCUT2D eigenvalue weighted by atomic mass is 9.74. The Morgan fingerprint density at radius 3 is 2.89 bits per heavy atom. The van der Waals surface area contributed by atoms with E-state index in [1.807, 2.05) is 0 Å². The lowest BCUT2D eigenvalue weighted by molar-refractivity contribution is -0.0967. The van der Waals surface area contributed by atoms with Crippen LogP contribution in [-0.2, 0) is 15.9 Å². The molecule has 9 rings (SSSR count). The molecule has 3 unspecified atom stereocenters. The minimum absolute atomic E-state index is 0.0421. The Labute approximate surface area is 213 Å². The average Bonchev–Trinajstić information content (AvgIpc) is 3.60. The average molecular weight is 481 g/mol. The van der Waals surface area contributed by atoms with E-state index in [0.717, 1.165) is 26.1 Å². The van der Waals surface area contributed by atoms with Crippen molar-refractivity contribution in [3.8, 4) is 0 Å². The maximum absolute atomic E-state index is 7.37. The quantitative estimate of drug-likeness (QED) is 0.249. The maximum atomic E-state index is 7.37. The van der Waals surface area contributed by atoms with Crippen molar-refractivity contribution in [2.75, 3.05) is 18.1 Å². The van der Waals surface area contributed by atoms with Crippen molar-refractivity contribution in [2.24, 2.45) is 5.41 Å². The van der Waals surface area contributed by atoms with E-state index in [2.05, 4.69) is 59.7 Å². The highest BCUT2D eigenvalue weighted by molar-refractivity contribution is 6.16.